The number of hydrogen-bond donors (Lipinski definition) is 2. The van der Waals surface area contributed by atoms with Crippen molar-refractivity contribution >= 4 is 11.8 Å². The second-order valence-corrected chi connectivity index (χ2v) is 8.30. The van der Waals surface area contributed by atoms with E-state index in [1.54, 1.807) is 24.3 Å². The summed E-state index contributed by atoms with van der Waals surface area (Å²) >= 11 is 0. The van der Waals surface area contributed by atoms with Crippen LogP contribution in [0.3, 0.4) is 0 Å². The van der Waals surface area contributed by atoms with Crippen LogP contribution in [-0.4, -0.2) is 38.2 Å². The van der Waals surface area contributed by atoms with Crippen molar-refractivity contribution in [1.29, 1.82) is 0 Å². The summed E-state index contributed by atoms with van der Waals surface area (Å²) in [5.74, 6) is -0.461. The molecule has 3 aromatic carbocycles. The van der Waals surface area contributed by atoms with Crippen LogP contribution in [0.5, 0.6) is 0 Å². The number of ether oxygens (including phenoxy) is 3. The predicted molar refractivity (Wildman–Crippen MR) is 132 cm³/mol. The Hall–Kier alpha value is -3.52. The maximum Gasteiger partial charge on any atom is 0.251 e. The highest BCUT2D eigenvalue weighted by Crippen LogP contribution is 2.10. The molecule has 0 aliphatic carbocycles. The highest BCUT2D eigenvalue weighted by Gasteiger charge is 2.11. The molecule has 182 valence electrons. The third-order valence-electron chi connectivity index (χ3n) is 5.62. The molecule has 7 rings (SSSR count). The number of benzene rings is 3. The van der Waals surface area contributed by atoms with Crippen LogP contribution in [0.25, 0.3) is 0 Å². The largest absolute Gasteiger partial charge is 0.377 e. The van der Waals surface area contributed by atoms with Crippen LogP contribution < -0.4 is 10.6 Å². The van der Waals surface area contributed by atoms with Gasteiger partial charge in [-0.2, -0.15) is 0 Å². The Morgan fingerprint density at radius 3 is 1.37 bits per heavy atom. The Labute approximate surface area is 205 Å². The minimum atomic E-state index is -0.230. The van der Waals surface area contributed by atoms with Gasteiger partial charge in [-0.25, -0.2) is 0 Å². The summed E-state index contributed by atoms with van der Waals surface area (Å²) in [6, 6.07) is 22.5. The van der Waals surface area contributed by atoms with E-state index in [1.165, 1.54) is 0 Å². The monoisotopic (exact) mass is 474 g/mol. The van der Waals surface area contributed by atoms with Crippen molar-refractivity contribution in [2.24, 2.45) is 0 Å². The van der Waals surface area contributed by atoms with Gasteiger partial charge in [0.1, 0.15) is 0 Å². The molecular formula is C28H30N2O5. The van der Waals surface area contributed by atoms with Crippen LogP contribution in [0.1, 0.15) is 43.0 Å². The minimum absolute atomic E-state index is 0.230. The molecule has 6 bridgehead atoms. The van der Waals surface area contributed by atoms with Gasteiger partial charge in [-0.3, -0.25) is 9.59 Å². The summed E-state index contributed by atoms with van der Waals surface area (Å²) < 4.78 is 16.9. The molecule has 2 amide bonds. The molecule has 4 heterocycles. The third-order valence-corrected chi connectivity index (χ3v) is 5.62. The predicted octanol–water partition coefficient (Wildman–Crippen LogP) is 3.61. The highest BCUT2D eigenvalue weighted by atomic mass is 16.5. The van der Waals surface area contributed by atoms with E-state index >= 15 is 0 Å². The fourth-order valence-electron chi connectivity index (χ4n) is 3.59. The minimum Gasteiger partial charge on any atom is -0.377 e. The van der Waals surface area contributed by atoms with Gasteiger partial charge in [-0.15, -0.1) is 0 Å². The van der Waals surface area contributed by atoms with Crippen LogP contribution in [0.2, 0.25) is 0 Å². The number of amides is 2. The molecule has 7 heteroatoms. The molecule has 0 saturated heterocycles. The quantitative estimate of drug-likeness (QED) is 0.520. The molecule has 7 nitrogen and oxygen atoms in total. The molecule has 4 aliphatic rings. The summed E-state index contributed by atoms with van der Waals surface area (Å²) in [4.78, 5) is 25.3. The van der Waals surface area contributed by atoms with Crippen molar-refractivity contribution in [1.82, 2.24) is 10.6 Å². The zero-order valence-corrected chi connectivity index (χ0v) is 19.6. The Morgan fingerprint density at radius 1 is 0.514 bits per heavy atom. The summed E-state index contributed by atoms with van der Waals surface area (Å²) in [7, 11) is 0. The van der Waals surface area contributed by atoms with Gasteiger partial charge in [0.15, 0.2) is 0 Å². The average molecular weight is 475 g/mol. The number of nitrogens with one attached hydrogen (secondary N) is 2. The highest BCUT2D eigenvalue weighted by molar-refractivity contribution is 5.99. The van der Waals surface area contributed by atoms with Crippen molar-refractivity contribution in [2.75, 3.05) is 26.4 Å². The van der Waals surface area contributed by atoms with E-state index in [9.17, 15) is 9.59 Å². The molecular weight excluding hydrogens is 444 g/mol. The molecule has 4 aliphatic heterocycles. The van der Waals surface area contributed by atoms with Crippen LogP contribution in [0.15, 0.2) is 72.8 Å². The van der Waals surface area contributed by atoms with Crippen LogP contribution in [-0.2, 0) is 40.5 Å². The van der Waals surface area contributed by atoms with Crippen molar-refractivity contribution < 1.29 is 23.8 Å². The van der Waals surface area contributed by atoms with Crippen LogP contribution in [0, 0.1) is 0 Å². The van der Waals surface area contributed by atoms with E-state index in [0.717, 1.165) is 22.3 Å². The fraction of sp³-hybridized carbons (Fsp3) is 0.286. The number of hydrogen-bond acceptors (Lipinski definition) is 5. The first-order valence-corrected chi connectivity index (χ1v) is 11.7. The Balaban J connectivity index is 1.42. The third kappa shape index (κ3) is 7.75. The van der Waals surface area contributed by atoms with Crippen molar-refractivity contribution in [3.05, 3.63) is 106 Å². The second kappa shape index (κ2) is 12.8. The molecule has 0 saturated carbocycles. The zero-order valence-electron chi connectivity index (χ0n) is 19.6. The summed E-state index contributed by atoms with van der Waals surface area (Å²) in [5.41, 5.74) is 4.94. The van der Waals surface area contributed by atoms with Gasteiger partial charge in [0.05, 0.1) is 39.6 Å². The smallest absolute Gasteiger partial charge is 0.251 e. The Bertz CT molecular complexity index is 1030. The zero-order chi connectivity index (χ0) is 24.3. The van der Waals surface area contributed by atoms with Gasteiger partial charge in [-0.05, 0) is 40.5 Å². The van der Waals surface area contributed by atoms with Crippen molar-refractivity contribution in [3.8, 4) is 0 Å². The van der Waals surface area contributed by atoms with E-state index in [4.69, 9.17) is 14.2 Å². The lowest BCUT2D eigenvalue weighted by atomic mass is 10.1. The maximum atomic E-state index is 12.6. The molecule has 2 N–H and O–H groups in total. The van der Waals surface area contributed by atoms with Gasteiger partial charge in [-0.1, -0.05) is 54.6 Å². The van der Waals surface area contributed by atoms with E-state index < -0.39 is 0 Å². The lowest BCUT2D eigenvalue weighted by Gasteiger charge is -2.10. The SMILES string of the molecule is O=C1NCc2ccc(cc2)COCCOCCOCc2ccc(cc2)CNC(=O)c2cccc1c2. The van der Waals surface area contributed by atoms with Crippen LogP contribution in [0.4, 0.5) is 0 Å². The van der Waals surface area contributed by atoms with Gasteiger partial charge in [0, 0.05) is 24.2 Å². The molecule has 0 aromatic heterocycles. The van der Waals surface area contributed by atoms with Gasteiger partial charge in [0.25, 0.3) is 11.8 Å². The Morgan fingerprint density at radius 2 is 0.914 bits per heavy atom. The lowest BCUT2D eigenvalue weighted by molar-refractivity contribution is 0.00704. The normalized spacial score (nSPS) is 16.5. The van der Waals surface area contributed by atoms with E-state index in [-0.39, 0.29) is 11.8 Å². The molecule has 0 fully saturated rings. The summed E-state index contributed by atoms with van der Waals surface area (Å²) in [6.07, 6.45) is 0. The lowest BCUT2D eigenvalue weighted by Crippen LogP contribution is -2.25. The molecule has 0 radical (unpaired) electrons. The number of rotatable bonds is 0. The van der Waals surface area contributed by atoms with Gasteiger partial charge < -0.3 is 24.8 Å². The topological polar surface area (TPSA) is 85.9 Å². The molecule has 0 spiro atoms. The van der Waals surface area contributed by atoms with Crippen LogP contribution >= 0.6 is 0 Å². The van der Waals surface area contributed by atoms with E-state index in [1.807, 2.05) is 48.5 Å². The molecule has 0 atom stereocenters. The first-order chi connectivity index (χ1) is 17.2. The first-order valence-electron chi connectivity index (χ1n) is 11.7. The average Bonchev–Trinajstić information content (AvgIpc) is 2.90. The maximum absolute atomic E-state index is 12.6. The Kier molecular flexibility index (Phi) is 9.00. The molecule has 3 aromatic rings. The number of carbonyl (C=O) groups excluding carboxylic acids is 2. The first kappa shape index (κ1) is 24.6. The van der Waals surface area contributed by atoms with Crippen molar-refractivity contribution in [2.45, 2.75) is 26.3 Å². The second-order valence-electron chi connectivity index (χ2n) is 8.30. The summed E-state index contributed by atoms with van der Waals surface area (Å²) in [5, 5.41) is 5.83. The fourth-order valence-corrected chi connectivity index (χ4v) is 3.59. The van der Waals surface area contributed by atoms with E-state index in [2.05, 4.69) is 10.6 Å². The van der Waals surface area contributed by atoms with Gasteiger partial charge in [0.2, 0.25) is 0 Å². The van der Waals surface area contributed by atoms with Gasteiger partial charge >= 0.3 is 0 Å². The van der Waals surface area contributed by atoms with E-state index in [0.29, 0.717) is 63.9 Å². The molecule has 35 heavy (non-hydrogen) atoms. The molecule has 0 unspecified atom stereocenters. The summed E-state index contributed by atoms with van der Waals surface area (Å²) in [6.45, 7) is 3.81. The van der Waals surface area contributed by atoms with Crippen molar-refractivity contribution in [3.63, 3.8) is 0 Å². The standard InChI is InChI=1S/C28H30N2O5/c31-27-25-2-1-3-26(16-25)28(32)30-18-22-6-10-24(11-7-22)20-35-15-13-33-12-14-34-19-23-8-4-21(5-9-23)17-29-27/h1-11,16H,12-15,17-20H2,(H,29,31)(H,30,32). The number of carbonyl (C=O) groups is 2.